The molecule has 0 N–H and O–H groups in total. The van der Waals surface area contributed by atoms with Gasteiger partial charge >= 0.3 is 0 Å². The van der Waals surface area contributed by atoms with Crippen molar-refractivity contribution in [1.29, 1.82) is 0 Å². The van der Waals surface area contributed by atoms with Crippen LogP contribution in [0.5, 0.6) is 0 Å². The second-order valence-electron chi connectivity index (χ2n) is 7.34. The lowest BCUT2D eigenvalue weighted by Gasteiger charge is -2.32. The van der Waals surface area contributed by atoms with Crippen molar-refractivity contribution in [1.82, 2.24) is 15.0 Å². The van der Waals surface area contributed by atoms with Crippen molar-refractivity contribution in [3.63, 3.8) is 0 Å². The molecular weight excluding hydrogens is 314 g/mol. The Morgan fingerprint density at radius 2 is 2.04 bits per heavy atom. The third kappa shape index (κ3) is 4.27. The maximum Gasteiger partial charge on any atom is 0.229 e. The molecule has 0 bridgehead atoms. The molecule has 1 aliphatic heterocycles. The first-order valence-corrected chi connectivity index (χ1v) is 9.20. The molecule has 2 unspecified atom stereocenters. The van der Waals surface area contributed by atoms with E-state index in [9.17, 15) is 4.79 Å². The Hall–Kier alpha value is -2.17. The topological polar surface area (TPSA) is 59.2 Å². The van der Waals surface area contributed by atoms with Crippen LogP contribution in [0.4, 0.5) is 0 Å². The number of rotatable bonds is 5. The quantitative estimate of drug-likeness (QED) is 0.822. The molecule has 2 heterocycles. The molecule has 0 radical (unpaired) electrons. The Balaban J connectivity index is 1.61. The van der Waals surface area contributed by atoms with Crippen LogP contribution >= 0.6 is 0 Å². The van der Waals surface area contributed by atoms with Crippen molar-refractivity contribution >= 4 is 5.91 Å². The SMILES string of the molecule is CC(C)c1nc(C2CCCN(C(=O)CC(C)c3ccccc3)C2)no1. The molecule has 1 aromatic carbocycles. The van der Waals surface area contributed by atoms with Crippen molar-refractivity contribution in [3.05, 3.63) is 47.6 Å². The molecule has 1 aliphatic rings. The van der Waals surface area contributed by atoms with Crippen LogP contribution in [0.1, 0.15) is 75.1 Å². The molecule has 5 heteroatoms. The van der Waals surface area contributed by atoms with Crippen molar-refractivity contribution < 1.29 is 9.32 Å². The van der Waals surface area contributed by atoms with Crippen LogP contribution < -0.4 is 0 Å². The number of benzene rings is 1. The van der Waals surface area contributed by atoms with Gasteiger partial charge in [0.25, 0.3) is 0 Å². The molecule has 1 saturated heterocycles. The summed E-state index contributed by atoms with van der Waals surface area (Å²) in [5, 5.41) is 4.14. The highest BCUT2D eigenvalue weighted by molar-refractivity contribution is 5.77. The van der Waals surface area contributed by atoms with E-state index in [0.717, 1.165) is 25.2 Å². The highest BCUT2D eigenvalue weighted by atomic mass is 16.5. The minimum absolute atomic E-state index is 0.181. The fourth-order valence-electron chi connectivity index (χ4n) is 3.35. The van der Waals surface area contributed by atoms with Crippen LogP contribution in [0.25, 0.3) is 0 Å². The third-order valence-corrected chi connectivity index (χ3v) is 4.94. The normalized spacial score (nSPS) is 19.2. The van der Waals surface area contributed by atoms with Crippen LogP contribution in [0.2, 0.25) is 0 Å². The first-order valence-electron chi connectivity index (χ1n) is 9.20. The lowest BCUT2D eigenvalue weighted by Crippen LogP contribution is -2.39. The van der Waals surface area contributed by atoms with Gasteiger partial charge in [-0.05, 0) is 24.3 Å². The molecule has 5 nitrogen and oxygen atoms in total. The number of carbonyl (C=O) groups excluding carboxylic acids is 1. The Morgan fingerprint density at radius 1 is 1.28 bits per heavy atom. The lowest BCUT2D eigenvalue weighted by molar-refractivity contribution is -0.132. The molecule has 1 amide bonds. The second kappa shape index (κ2) is 7.81. The number of amides is 1. The van der Waals surface area contributed by atoms with Crippen molar-refractivity contribution in [3.8, 4) is 0 Å². The summed E-state index contributed by atoms with van der Waals surface area (Å²) in [5.74, 6) is 2.28. The van der Waals surface area contributed by atoms with Gasteiger partial charge in [-0.15, -0.1) is 0 Å². The van der Waals surface area contributed by atoms with E-state index in [1.165, 1.54) is 5.56 Å². The van der Waals surface area contributed by atoms with Gasteiger partial charge in [0.2, 0.25) is 11.8 Å². The number of carbonyl (C=O) groups is 1. The van der Waals surface area contributed by atoms with Gasteiger partial charge in [-0.3, -0.25) is 4.79 Å². The predicted octanol–water partition coefficient (Wildman–Crippen LogP) is 4.09. The van der Waals surface area contributed by atoms with Gasteiger partial charge in [0.05, 0.1) is 0 Å². The molecule has 1 fully saturated rings. The predicted molar refractivity (Wildman–Crippen MR) is 96.4 cm³/mol. The van der Waals surface area contributed by atoms with E-state index < -0.39 is 0 Å². The van der Waals surface area contributed by atoms with E-state index in [0.29, 0.717) is 18.9 Å². The maximum absolute atomic E-state index is 12.7. The lowest BCUT2D eigenvalue weighted by atomic mass is 9.94. The van der Waals surface area contributed by atoms with Crippen LogP contribution in [-0.2, 0) is 4.79 Å². The van der Waals surface area contributed by atoms with Crippen LogP contribution in [0.3, 0.4) is 0 Å². The minimum Gasteiger partial charge on any atom is -0.342 e. The van der Waals surface area contributed by atoms with Crippen LogP contribution in [-0.4, -0.2) is 34.0 Å². The van der Waals surface area contributed by atoms with E-state index in [4.69, 9.17) is 4.52 Å². The standard InChI is InChI=1S/C20H27N3O2/c1-14(2)20-21-19(22-25-20)17-10-7-11-23(13-17)18(24)12-15(3)16-8-5-4-6-9-16/h4-6,8-9,14-15,17H,7,10-13H2,1-3H3. The van der Waals surface area contributed by atoms with E-state index in [1.54, 1.807) is 0 Å². The second-order valence-corrected chi connectivity index (χ2v) is 7.34. The van der Waals surface area contributed by atoms with Gasteiger partial charge in [0, 0.05) is 31.3 Å². The van der Waals surface area contributed by atoms with E-state index in [-0.39, 0.29) is 23.7 Å². The fourth-order valence-corrected chi connectivity index (χ4v) is 3.35. The summed E-state index contributed by atoms with van der Waals surface area (Å²) in [7, 11) is 0. The van der Waals surface area contributed by atoms with Gasteiger partial charge in [-0.1, -0.05) is 56.3 Å². The minimum atomic E-state index is 0.181. The zero-order chi connectivity index (χ0) is 17.8. The van der Waals surface area contributed by atoms with Gasteiger partial charge < -0.3 is 9.42 Å². The summed E-state index contributed by atoms with van der Waals surface area (Å²) in [5.41, 5.74) is 1.21. The fraction of sp³-hybridized carbons (Fsp3) is 0.550. The molecule has 2 atom stereocenters. The molecule has 2 aromatic rings. The smallest absolute Gasteiger partial charge is 0.229 e. The van der Waals surface area contributed by atoms with Crippen molar-refractivity contribution in [2.45, 2.75) is 57.8 Å². The monoisotopic (exact) mass is 341 g/mol. The summed E-state index contributed by atoms with van der Waals surface area (Å²) in [4.78, 5) is 19.2. The van der Waals surface area contributed by atoms with Gasteiger partial charge in [0.15, 0.2) is 5.82 Å². The van der Waals surface area contributed by atoms with Crippen LogP contribution in [0, 0.1) is 0 Å². The van der Waals surface area contributed by atoms with Gasteiger partial charge in [-0.25, -0.2) is 0 Å². The van der Waals surface area contributed by atoms with E-state index in [2.05, 4.69) is 29.2 Å². The summed E-state index contributed by atoms with van der Waals surface area (Å²) < 4.78 is 5.33. The molecule has 0 spiro atoms. The average Bonchev–Trinajstić information content (AvgIpc) is 3.13. The number of piperidine rings is 1. The first-order chi connectivity index (χ1) is 12.0. The number of hydrogen-bond acceptors (Lipinski definition) is 4. The summed E-state index contributed by atoms with van der Waals surface area (Å²) in [6.07, 6.45) is 2.54. The molecule has 0 aliphatic carbocycles. The molecule has 25 heavy (non-hydrogen) atoms. The van der Waals surface area contributed by atoms with Crippen LogP contribution in [0.15, 0.2) is 34.9 Å². The highest BCUT2D eigenvalue weighted by Gasteiger charge is 2.29. The molecule has 0 saturated carbocycles. The number of nitrogens with zero attached hydrogens (tertiary/aromatic N) is 3. The van der Waals surface area contributed by atoms with E-state index in [1.807, 2.05) is 36.9 Å². The summed E-state index contributed by atoms with van der Waals surface area (Å²) in [6.45, 7) is 7.71. The zero-order valence-electron chi connectivity index (χ0n) is 15.3. The Kier molecular flexibility index (Phi) is 5.51. The van der Waals surface area contributed by atoms with Gasteiger partial charge in [-0.2, -0.15) is 4.98 Å². The Morgan fingerprint density at radius 3 is 2.72 bits per heavy atom. The number of likely N-dealkylation sites (tertiary alicyclic amines) is 1. The van der Waals surface area contributed by atoms with E-state index >= 15 is 0 Å². The molecule has 134 valence electrons. The summed E-state index contributed by atoms with van der Waals surface area (Å²) >= 11 is 0. The first kappa shape index (κ1) is 17.6. The Labute approximate surface area is 149 Å². The molecule has 3 rings (SSSR count). The average molecular weight is 341 g/mol. The molecule has 1 aromatic heterocycles. The number of aromatic nitrogens is 2. The van der Waals surface area contributed by atoms with Crippen molar-refractivity contribution in [2.24, 2.45) is 0 Å². The summed E-state index contributed by atoms with van der Waals surface area (Å²) in [6, 6.07) is 10.2. The largest absolute Gasteiger partial charge is 0.342 e. The molecular formula is C20H27N3O2. The maximum atomic E-state index is 12.7. The Bertz CT molecular complexity index is 696. The number of hydrogen-bond donors (Lipinski definition) is 0. The zero-order valence-corrected chi connectivity index (χ0v) is 15.3. The van der Waals surface area contributed by atoms with Crippen molar-refractivity contribution in [2.75, 3.05) is 13.1 Å². The third-order valence-electron chi connectivity index (χ3n) is 4.94. The highest BCUT2D eigenvalue weighted by Crippen LogP contribution is 2.28. The van der Waals surface area contributed by atoms with Gasteiger partial charge in [0.1, 0.15) is 0 Å².